The third-order valence-electron chi connectivity index (χ3n) is 3.32. The smallest absolute Gasteiger partial charge is 0.246 e. The highest BCUT2D eigenvalue weighted by Crippen LogP contribution is 2.27. The van der Waals surface area contributed by atoms with Gasteiger partial charge in [0.15, 0.2) is 0 Å². The molecule has 1 unspecified atom stereocenters. The maximum atomic E-state index is 11.6. The molecule has 2 nitrogen and oxygen atoms in total. The average molecular weight is 195 g/mol. The van der Waals surface area contributed by atoms with E-state index in [1.807, 2.05) is 4.90 Å². The maximum Gasteiger partial charge on any atom is 0.246 e. The molecule has 0 radical (unpaired) electrons. The minimum absolute atomic E-state index is 0.0860. The summed E-state index contributed by atoms with van der Waals surface area (Å²) in [6.45, 7) is 11.0. The Hall–Kier alpha value is -0.790. The normalized spacial score (nSPS) is 27.9. The fourth-order valence-electron chi connectivity index (χ4n) is 2.10. The number of amides is 1. The quantitative estimate of drug-likeness (QED) is 0.620. The molecule has 1 rings (SSSR count). The standard InChI is InChI=1S/C12H21NO/c1-5-12(14)13-8-11(9(2)3)7-6-10(13)4/h5,9-11H,1,6-8H2,2-4H3/t10-,11?/m1/s1. The molecule has 14 heavy (non-hydrogen) atoms. The Kier molecular flexibility index (Phi) is 3.73. The predicted molar refractivity (Wildman–Crippen MR) is 58.9 cm³/mol. The lowest BCUT2D eigenvalue weighted by Gasteiger charge is -2.39. The molecule has 1 aliphatic rings. The van der Waals surface area contributed by atoms with Crippen molar-refractivity contribution in [2.45, 2.75) is 39.7 Å². The van der Waals surface area contributed by atoms with Crippen LogP contribution >= 0.6 is 0 Å². The third-order valence-corrected chi connectivity index (χ3v) is 3.32. The second kappa shape index (κ2) is 4.63. The van der Waals surface area contributed by atoms with Gasteiger partial charge in [-0.2, -0.15) is 0 Å². The van der Waals surface area contributed by atoms with Crippen LogP contribution in [-0.4, -0.2) is 23.4 Å². The van der Waals surface area contributed by atoms with E-state index >= 15 is 0 Å². The number of rotatable bonds is 2. The summed E-state index contributed by atoms with van der Waals surface area (Å²) in [7, 11) is 0. The summed E-state index contributed by atoms with van der Waals surface area (Å²) < 4.78 is 0. The van der Waals surface area contributed by atoms with Gasteiger partial charge in [0, 0.05) is 12.6 Å². The average Bonchev–Trinajstić information content (AvgIpc) is 2.17. The summed E-state index contributed by atoms with van der Waals surface area (Å²) in [6, 6.07) is 0.385. The molecule has 1 saturated heterocycles. The Morgan fingerprint density at radius 1 is 1.50 bits per heavy atom. The van der Waals surface area contributed by atoms with Crippen LogP contribution in [0.3, 0.4) is 0 Å². The Morgan fingerprint density at radius 2 is 2.14 bits per heavy atom. The molecule has 1 heterocycles. The number of hydrogen-bond acceptors (Lipinski definition) is 1. The second-order valence-electron chi connectivity index (χ2n) is 4.63. The van der Waals surface area contributed by atoms with Gasteiger partial charge in [0.1, 0.15) is 0 Å². The van der Waals surface area contributed by atoms with Crippen LogP contribution in [0.4, 0.5) is 0 Å². The number of carbonyl (C=O) groups is 1. The summed E-state index contributed by atoms with van der Waals surface area (Å²) in [4.78, 5) is 13.5. The first-order valence-corrected chi connectivity index (χ1v) is 5.49. The predicted octanol–water partition coefficient (Wildman–Crippen LogP) is 2.46. The number of likely N-dealkylation sites (tertiary alicyclic amines) is 1. The van der Waals surface area contributed by atoms with E-state index in [1.54, 1.807) is 0 Å². The summed E-state index contributed by atoms with van der Waals surface area (Å²) in [5.74, 6) is 1.42. The highest BCUT2D eigenvalue weighted by molar-refractivity contribution is 5.87. The third kappa shape index (κ3) is 2.37. The summed E-state index contributed by atoms with van der Waals surface area (Å²) in [5, 5.41) is 0. The van der Waals surface area contributed by atoms with Crippen LogP contribution in [-0.2, 0) is 4.79 Å². The van der Waals surface area contributed by atoms with E-state index in [4.69, 9.17) is 0 Å². The van der Waals surface area contributed by atoms with Gasteiger partial charge in [0.2, 0.25) is 5.91 Å². The van der Waals surface area contributed by atoms with E-state index in [1.165, 1.54) is 12.5 Å². The number of piperidine rings is 1. The fraction of sp³-hybridized carbons (Fsp3) is 0.750. The van der Waals surface area contributed by atoms with Gasteiger partial charge in [-0.3, -0.25) is 4.79 Å². The van der Waals surface area contributed by atoms with Crippen LogP contribution in [0, 0.1) is 11.8 Å². The Bertz CT molecular complexity index is 222. The molecule has 1 aliphatic heterocycles. The van der Waals surface area contributed by atoms with Crippen molar-refractivity contribution in [2.75, 3.05) is 6.54 Å². The van der Waals surface area contributed by atoms with E-state index in [-0.39, 0.29) is 5.91 Å². The van der Waals surface area contributed by atoms with Crippen LogP contribution in [0.15, 0.2) is 12.7 Å². The largest absolute Gasteiger partial charge is 0.336 e. The molecule has 0 N–H and O–H groups in total. The van der Waals surface area contributed by atoms with Crippen molar-refractivity contribution in [3.8, 4) is 0 Å². The molecule has 80 valence electrons. The van der Waals surface area contributed by atoms with Gasteiger partial charge in [-0.05, 0) is 37.7 Å². The number of carbonyl (C=O) groups excluding carboxylic acids is 1. The number of hydrogen-bond donors (Lipinski definition) is 0. The van der Waals surface area contributed by atoms with Crippen molar-refractivity contribution in [2.24, 2.45) is 11.8 Å². The van der Waals surface area contributed by atoms with Crippen LogP contribution in [0.2, 0.25) is 0 Å². The van der Waals surface area contributed by atoms with Gasteiger partial charge < -0.3 is 4.90 Å². The van der Waals surface area contributed by atoms with Crippen LogP contribution < -0.4 is 0 Å². The Labute approximate surface area is 87.0 Å². The van der Waals surface area contributed by atoms with Crippen molar-refractivity contribution < 1.29 is 4.79 Å². The van der Waals surface area contributed by atoms with Crippen LogP contribution in [0.25, 0.3) is 0 Å². The molecule has 1 fully saturated rings. The molecular weight excluding hydrogens is 174 g/mol. The lowest BCUT2D eigenvalue weighted by molar-refractivity contribution is -0.130. The first-order chi connectivity index (χ1) is 6.56. The van der Waals surface area contributed by atoms with Crippen molar-refractivity contribution in [1.29, 1.82) is 0 Å². The van der Waals surface area contributed by atoms with E-state index in [9.17, 15) is 4.79 Å². The highest BCUT2D eigenvalue weighted by Gasteiger charge is 2.28. The lowest BCUT2D eigenvalue weighted by atomic mass is 9.85. The minimum atomic E-state index is 0.0860. The Balaban J connectivity index is 2.64. The molecule has 0 bridgehead atoms. The summed E-state index contributed by atoms with van der Waals surface area (Å²) in [5.41, 5.74) is 0. The first-order valence-electron chi connectivity index (χ1n) is 5.49. The van der Waals surface area contributed by atoms with Crippen LogP contribution in [0.1, 0.15) is 33.6 Å². The molecule has 1 amide bonds. The zero-order chi connectivity index (χ0) is 10.7. The molecule has 0 aliphatic carbocycles. The van der Waals surface area contributed by atoms with E-state index in [0.29, 0.717) is 17.9 Å². The van der Waals surface area contributed by atoms with E-state index in [0.717, 1.165) is 13.0 Å². The van der Waals surface area contributed by atoms with Gasteiger partial charge in [-0.25, -0.2) is 0 Å². The maximum absolute atomic E-state index is 11.6. The summed E-state index contributed by atoms with van der Waals surface area (Å²) in [6.07, 6.45) is 3.81. The van der Waals surface area contributed by atoms with E-state index < -0.39 is 0 Å². The van der Waals surface area contributed by atoms with E-state index in [2.05, 4.69) is 27.4 Å². The zero-order valence-corrected chi connectivity index (χ0v) is 9.49. The van der Waals surface area contributed by atoms with Gasteiger partial charge in [0.05, 0.1) is 0 Å². The monoisotopic (exact) mass is 195 g/mol. The molecule has 0 aromatic carbocycles. The topological polar surface area (TPSA) is 20.3 Å². The van der Waals surface area contributed by atoms with Crippen molar-refractivity contribution in [3.63, 3.8) is 0 Å². The van der Waals surface area contributed by atoms with Crippen molar-refractivity contribution >= 4 is 5.91 Å². The number of nitrogens with zero attached hydrogens (tertiary/aromatic N) is 1. The molecule has 0 saturated carbocycles. The molecule has 2 heteroatoms. The minimum Gasteiger partial charge on any atom is -0.336 e. The highest BCUT2D eigenvalue weighted by atomic mass is 16.2. The lowest BCUT2D eigenvalue weighted by Crippen LogP contribution is -2.45. The van der Waals surface area contributed by atoms with Crippen molar-refractivity contribution in [3.05, 3.63) is 12.7 Å². The molecule has 0 aromatic rings. The zero-order valence-electron chi connectivity index (χ0n) is 9.49. The fourth-order valence-corrected chi connectivity index (χ4v) is 2.10. The Morgan fingerprint density at radius 3 is 2.64 bits per heavy atom. The molecular formula is C12H21NO. The molecule has 2 atom stereocenters. The van der Waals surface area contributed by atoms with Crippen LogP contribution in [0.5, 0.6) is 0 Å². The van der Waals surface area contributed by atoms with Crippen molar-refractivity contribution in [1.82, 2.24) is 4.90 Å². The van der Waals surface area contributed by atoms with Gasteiger partial charge in [-0.1, -0.05) is 20.4 Å². The van der Waals surface area contributed by atoms with Gasteiger partial charge in [-0.15, -0.1) is 0 Å². The molecule has 0 aromatic heterocycles. The second-order valence-corrected chi connectivity index (χ2v) is 4.63. The molecule has 0 spiro atoms. The van der Waals surface area contributed by atoms with Gasteiger partial charge in [0.25, 0.3) is 0 Å². The summed E-state index contributed by atoms with van der Waals surface area (Å²) >= 11 is 0. The van der Waals surface area contributed by atoms with Gasteiger partial charge >= 0.3 is 0 Å². The SMILES string of the molecule is C=CC(=O)N1CC(C(C)C)CC[C@H]1C. The first kappa shape index (κ1) is 11.3.